The molecule has 0 unspecified atom stereocenters. The topological polar surface area (TPSA) is 61.4 Å². The number of amides is 2. The van der Waals surface area contributed by atoms with Gasteiger partial charge in [0.05, 0.1) is 6.54 Å². The molecule has 2 amide bonds. The third-order valence-corrected chi connectivity index (χ3v) is 4.92. The Morgan fingerprint density at radius 2 is 1.54 bits per heavy atom. The lowest BCUT2D eigenvalue weighted by molar-refractivity contribution is -0.124. The van der Waals surface area contributed by atoms with Gasteiger partial charge in [0.25, 0.3) is 0 Å². The Kier molecular flexibility index (Phi) is 7.21. The number of carbonyl (C=O) groups is 2. The number of anilines is 2. The van der Waals surface area contributed by atoms with Crippen molar-refractivity contribution in [3.63, 3.8) is 0 Å². The summed E-state index contributed by atoms with van der Waals surface area (Å²) in [5, 5.41) is 5.50. The van der Waals surface area contributed by atoms with Crippen molar-refractivity contribution in [2.45, 2.75) is 39.0 Å². The second kappa shape index (κ2) is 9.40. The minimum atomic E-state index is -0.233. The lowest BCUT2D eigenvalue weighted by Crippen LogP contribution is -2.33. The molecule has 28 heavy (non-hydrogen) atoms. The molecule has 2 aromatic carbocycles. The minimum Gasteiger partial charge on any atom is -0.378 e. The van der Waals surface area contributed by atoms with Crippen molar-refractivity contribution in [2.24, 2.45) is 0 Å². The standard InChI is InChI=1S/C23H31N3O2/c1-17-6-8-18(9-7-17)23(2,3)15-14-21(27)24-16-22(28)25-19-10-12-20(13-11-19)26(4)5/h6-13H,14-16H2,1-5H3,(H,24,27)(H,25,28). The summed E-state index contributed by atoms with van der Waals surface area (Å²) in [5.74, 6) is -0.345. The molecule has 0 aliphatic rings. The highest BCUT2D eigenvalue weighted by molar-refractivity contribution is 5.94. The molecule has 0 saturated carbocycles. The maximum absolute atomic E-state index is 12.2. The van der Waals surface area contributed by atoms with Crippen LogP contribution in [-0.2, 0) is 15.0 Å². The Labute approximate surface area is 168 Å². The van der Waals surface area contributed by atoms with Crippen LogP contribution in [0.25, 0.3) is 0 Å². The van der Waals surface area contributed by atoms with Crippen LogP contribution in [0.15, 0.2) is 48.5 Å². The summed E-state index contributed by atoms with van der Waals surface area (Å²) in [6.07, 6.45) is 1.10. The number of rotatable bonds is 8. The third-order valence-electron chi connectivity index (χ3n) is 4.92. The summed E-state index contributed by atoms with van der Waals surface area (Å²) in [6, 6.07) is 16.0. The zero-order valence-corrected chi connectivity index (χ0v) is 17.5. The number of hydrogen-bond acceptors (Lipinski definition) is 3. The summed E-state index contributed by atoms with van der Waals surface area (Å²) < 4.78 is 0. The number of nitrogens with one attached hydrogen (secondary N) is 2. The second-order valence-corrected chi connectivity index (χ2v) is 8.02. The van der Waals surface area contributed by atoms with E-state index in [1.165, 1.54) is 11.1 Å². The first-order valence-corrected chi connectivity index (χ1v) is 9.58. The molecule has 150 valence electrons. The molecule has 0 heterocycles. The van der Waals surface area contributed by atoms with Gasteiger partial charge in [-0.3, -0.25) is 9.59 Å². The first-order chi connectivity index (χ1) is 13.2. The van der Waals surface area contributed by atoms with Gasteiger partial charge in [0, 0.05) is 31.9 Å². The molecule has 0 radical (unpaired) electrons. The monoisotopic (exact) mass is 381 g/mol. The summed E-state index contributed by atoms with van der Waals surface area (Å²) >= 11 is 0. The molecule has 0 fully saturated rings. The molecule has 0 saturated heterocycles. The van der Waals surface area contributed by atoms with Crippen molar-refractivity contribution in [3.05, 3.63) is 59.7 Å². The quantitative estimate of drug-likeness (QED) is 0.730. The van der Waals surface area contributed by atoms with E-state index in [2.05, 4.69) is 55.7 Å². The normalized spacial score (nSPS) is 11.0. The Morgan fingerprint density at radius 3 is 2.11 bits per heavy atom. The van der Waals surface area contributed by atoms with Crippen LogP contribution in [0.3, 0.4) is 0 Å². The first-order valence-electron chi connectivity index (χ1n) is 9.58. The Morgan fingerprint density at radius 1 is 0.929 bits per heavy atom. The van der Waals surface area contributed by atoms with Gasteiger partial charge in [0.1, 0.15) is 0 Å². The van der Waals surface area contributed by atoms with Gasteiger partial charge in [0.15, 0.2) is 0 Å². The summed E-state index contributed by atoms with van der Waals surface area (Å²) in [5.41, 5.74) is 4.11. The Hall–Kier alpha value is -2.82. The SMILES string of the molecule is Cc1ccc(C(C)(C)CCC(=O)NCC(=O)Nc2ccc(N(C)C)cc2)cc1. The number of nitrogens with zero attached hydrogens (tertiary/aromatic N) is 1. The fourth-order valence-electron chi connectivity index (χ4n) is 2.89. The van der Waals surface area contributed by atoms with E-state index in [0.717, 1.165) is 12.1 Å². The highest BCUT2D eigenvalue weighted by atomic mass is 16.2. The summed E-state index contributed by atoms with van der Waals surface area (Å²) in [7, 11) is 3.92. The van der Waals surface area contributed by atoms with Gasteiger partial charge in [-0.25, -0.2) is 0 Å². The lowest BCUT2D eigenvalue weighted by atomic mass is 9.80. The molecule has 0 aliphatic heterocycles. The smallest absolute Gasteiger partial charge is 0.243 e. The molecule has 0 aromatic heterocycles. The van der Waals surface area contributed by atoms with Gasteiger partial charge in [-0.15, -0.1) is 0 Å². The molecule has 0 spiro atoms. The molecule has 5 heteroatoms. The Balaban J connectivity index is 1.76. The molecular weight excluding hydrogens is 350 g/mol. The van der Waals surface area contributed by atoms with Crippen LogP contribution in [0.2, 0.25) is 0 Å². The third kappa shape index (κ3) is 6.41. The second-order valence-electron chi connectivity index (χ2n) is 8.02. The molecule has 2 aromatic rings. The van der Waals surface area contributed by atoms with E-state index in [0.29, 0.717) is 12.1 Å². The van der Waals surface area contributed by atoms with Crippen LogP contribution in [0.5, 0.6) is 0 Å². The minimum absolute atomic E-state index is 0.0285. The number of aryl methyl sites for hydroxylation is 1. The van der Waals surface area contributed by atoms with Crippen LogP contribution in [-0.4, -0.2) is 32.5 Å². The van der Waals surface area contributed by atoms with E-state index >= 15 is 0 Å². The van der Waals surface area contributed by atoms with Gasteiger partial charge < -0.3 is 15.5 Å². The average molecular weight is 382 g/mol. The van der Waals surface area contributed by atoms with Crippen molar-refractivity contribution in [1.82, 2.24) is 5.32 Å². The fourth-order valence-corrected chi connectivity index (χ4v) is 2.89. The van der Waals surface area contributed by atoms with Crippen LogP contribution in [0.1, 0.15) is 37.8 Å². The molecule has 0 aliphatic carbocycles. The maximum atomic E-state index is 12.2. The molecule has 2 N–H and O–H groups in total. The van der Waals surface area contributed by atoms with Crippen molar-refractivity contribution in [3.8, 4) is 0 Å². The van der Waals surface area contributed by atoms with Crippen LogP contribution < -0.4 is 15.5 Å². The predicted octanol–water partition coefficient (Wildman–Crippen LogP) is 3.87. The molecule has 5 nitrogen and oxygen atoms in total. The number of benzene rings is 2. The van der Waals surface area contributed by atoms with Gasteiger partial charge in [-0.05, 0) is 48.6 Å². The van der Waals surface area contributed by atoms with Gasteiger partial charge in [-0.1, -0.05) is 43.7 Å². The van der Waals surface area contributed by atoms with E-state index in [4.69, 9.17) is 0 Å². The zero-order valence-electron chi connectivity index (χ0n) is 17.5. The van der Waals surface area contributed by atoms with E-state index in [9.17, 15) is 9.59 Å². The van der Waals surface area contributed by atoms with E-state index in [1.54, 1.807) is 0 Å². The number of carbonyl (C=O) groups excluding carboxylic acids is 2. The predicted molar refractivity (Wildman–Crippen MR) is 116 cm³/mol. The first kappa shape index (κ1) is 21.5. The van der Waals surface area contributed by atoms with Crippen molar-refractivity contribution in [2.75, 3.05) is 30.9 Å². The summed E-state index contributed by atoms with van der Waals surface area (Å²) in [4.78, 5) is 26.2. The zero-order chi connectivity index (χ0) is 20.7. The highest BCUT2D eigenvalue weighted by Gasteiger charge is 2.21. The van der Waals surface area contributed by atoms with Crippen LogP contribution in [0.4, 0.5) is 11.4 Å². The van der Waals surface area contributed by atoms with Gasteiger partial charge >= 0.3 is 0 Å². The largest absolute Gasteiger partial charge is 0.378 e. The van der Waals surface area contributed by atoms with Crippen molar-refractivity contribution < 1.29 is 9.59 Å². The van der Waals surface area contributed by atoms with Gasteiger partial charge in [0.2, 0.25) is 11.8 Å². The highest BCUT2D eigenvalue weighted by Crippen LogP contribution is 2.28. The molecule has 0 atom stereocenters. The average Bonchev–Trinajstić information content (AvgIpc) is 2.65. The number of hydrogen-bond donors (Lipinski definition) is 2. The van der Waals surface area contributed by atoms with Gasteiger partial charge in [-0.2, -0.15) is 0 Å². The maximum Gasteiger partial charge on any atom is 0.243 e. The van der Waals surface area contributed by atoms with Crippen molar-refractivity contribution >= 4 is 23.2 Å². The Bertz CT molecular complexity index is 794. The van der Waals surface area contributed by atoms with E-state index in [1.807, 2.05) is 43.3 Å². The molecule has 0 bridgehead atoms. The van der Waals surface area contributed by atoms with E-state index < -0.39 is 0 Å². The van der Waals surface area contributed by atoms with E-state index in [-0.39, 0.29) is 23.8 Å². The molecule has 2 rings (SSSR count). The fraction of sp³-hybridized carbons (Fsp3) is 0.391. The van der Waals surface area contributed by atoms with Crippen molar-refractivity contribution in [1.29, 1.82) is 0 Å². The van der Waals surface area contributed by atoms with Crippen LogP contribution >= 0.6 is 0 Å². The summed E-state index contributed by atoms with van der Waals surface area (Å²) in [6.45, 7) is 6.30. The van der Waals surface area contributed by atoms with Crippen LogP contribution in [0, 0.1) is 6.92 Å². The molecular formula is C23H31N3O2. The lowest BCUT2D eigenvalue weighted by Gasteiger charge is -2.25.